The average molecular weight is 231 g/mol. The molecule has 1 aromatic rings. The molecule has 1 unspecified atom stereocenters. The molecule has 3 nitrogen and oxygen atoms in total. The van der Waals surface area contributed by atoms with Crippen molar-refractivity contribution in [1.29, 1.82) is 0 Å². The highest BCUT2D eigenvalue weighted by Crippen LogP contribution is 2.45. The summed E-state index contributed by atoms with van der Waals surface area (Å²) in [6.45, 7) is 2.79. The number of hydrogen-bond donors (Lipinski definition) is 0. The Morgan fingerprint density at radius 3 is 2.65 bits per heavy atom. The first kappa shape index (κ1) is 10.8. The van der Waals surface area contributed by atoms with Crippen molar-refractivity contribution in [3.05, 3.63) is 30.3 Å². The van der Waals surface area contributed by atoms with Crippen molar-refractivity contribution in [3.8, 4) is 0 Å². The molecule has 1 heterocycles. The van der Waals surface area contributed by atoms with Gasteiger partial charge in [0, 0.05) is 5.69 Å². The van der Waals surface area contributed by atoms with E-state index in [1.165, 1.54) is 0 Å². The van der Waals surface area contributed by atoms with Crippen molar-refractivity contribution < 1.29 is 9.53 Å². The Balaban J connectivity index is 1.90. The van der Waals surface area contributed by atoms with E-state index in [9.17, 15) is 4.79 Å². The number of nitrogens with zero attached hydrogens (tertiary/aromatic N) is 1. The third-order valence-corrected chi connectivity index (χ3v) is 3.64. The van der Waals surface area contributed by atoms with Crippen LogP contribution in [0.1, 0.15) is 26.2 Å². The Bertz CT molecular complexity index is 425. The van der Waals surface area contributed by atoms with Crippen LogP contribution in [0.15, 0.2) is 30.3 Å². The fourth-order valence-corrected chi connectivity index (χ4v) is 2.43. The quantitative estimate of drug-likeness (QED) is 0.782. The van der Waals surface area contributed by atoms with E-state index in [4.69, 9.17) is 4.74 Å². The van der Waals surface area contributed by atoms with Gasteiger partial charge < -0.3 is 9.64 Å². The number of amides is 1. The lowest BCUT2D eigenvalue weighted by molar-refractivity contribution is -0.144. The number of hydrogen-bond acceptors (Lipinski definition) is 2. The van der Waals surface area contributed by atoms with Gasteiger partial charge in [-0.3, -0.25) is 4.79 Å². The van der Waals surface area contributed by atoms with Gasteiger partial charge in [0.05, 0.1) is 12.6 Å². The summed E-state index contributed by atoms with van der Waals surface area (Å²) in [5, 5.41) is 0. The van der Waals surface area contributed by atoms with E-state index >= 15 is 0 Å². The van der Waals surface area contributed by atoms with E-state index < -0.39 is 5.60 Å². The fourth-order valence-electron chi connectivity index (χ4n) is 2.43. The smallest absolute Gasteiger partial charge is 0.259 e. The molecule has 1 aliphatic carbocycles. The molecule has 0 N–H and O–H groups in total. The minimum absolute atomic E-state index is 0.147. The first-order chi connectivity index (χ1) is 8.25. The highest BCUT2D eigenvalue weighted by atomic mass is 16.5. The molecule has 3 rings (SSSR count). The first-order valence-corrected chi connectivity index (χ1v) is 6.30. The Kier molecular flexibility index (Phi) is 2.44. The second-order valence-corrected chi connectivity index (χ2v) is 4.89. The van der Waals surface area contributed by atoms with Crippen molar-refractivity contribution in [3.63, 3.8) is 0 Å². The van der Waals surface area contributed by atoms with Crippen molar-refractivity contribution >= 4 is 11.6 Å². The molecule has 1 amide bonds. The van der Waals surface area contributed by atoms with Crippen LogP contribution >= 0.6 is 0 Å². The predicted octanol–water partition coefficient (Wildman–Crippen LogP) is 2.36. The van der Waals surface area contributed by atoms with E-state index in [-0.39, 0.29) is 12.0 Å². The maximum absolute atomic E-state index is 12.4. The molecule has 3 heteroatoms. The zero-order valence-electron chi connectivity index (χ0n) is 10.1. The van der Waals surface area contributed by atoms with Crippen molar-refractivity contribution in [1.82, 2.24) is 0 Å². The number of anilines is 1. The van der Waals surface area contributed by atoms with E-state index in [0.717, 1.165) is 24.9 Å². The number of para-hydroxylation sites is 1. The van der Waals surface area contributed by atoms with E-state index in [2.05, 4.69) is 6.92 Å². The summed E-state index contributed by atoms with van der Waals surface area (Å²) in [6.07, 6.45) is 2.89. The molecule has 2 fully saturated rings. The van der Waals surface area contributed by atoms with Crippen LogP contribution in [-0.2, 0) is 9.53 Å². The molecular weight excluding hydrogens is 214 g/mol. The van der Waals surface area contributed by atoms with Gasteiger partial charge in [-0.05, 0) is 31.4 Å². The fraction of sp³-hybridized carbons (Fsp3) is 0.500. The van der Waals surface area contributed by atoms with Crippen LogP contribution in [-0.4, -0.2) is 24.2 Å². The molecule has 1 saturated carbocycles. The standard InChI is InChI=1S/C14H17NO2/c1-2-12-10-15(11-6-4-3-5-7-11)13(16)14(17-12)8-9-14/h3-7,12H,2,8-10H2,1H3. The maximum Gasteiger partial charge on any atom is 0.259 e. The number of rotatable bonds is 2. The van der Waals surface area contributed by atoms with Crippen LogP contribution in [0.3, 0.4) is 0 Å². The van der Waals surface area contributed by atoms with E-state index in [0.29, 0.717) is 6.54 Å². The molecule has 0 bridgehead atoms. The average Bonchev–Trinajstić information content (AvgIpc) is 3.14. The van der Waals surface area contributed by atoms with Gasteiger partial charge in [0.25, 0.3) is 5.91 Å². The van der Waals surface area contributed by atoms with Crippen LogP contribution in [0.4, 0.5) is 5.69 Å². The third kappa shape index (κ3) is 1.75. The summed E-state index contributed by atoms with van der Waals surface area (Å²) < 4.78 is 5.91. The summed E-state index contributed by atoms with van der Waals surface area (Å²) in [6, 6.07) is 9.90. The van der Waals surface area contributed by atoms with Gasteiger partial charge in [-0.1, -0.05) is 25.1 Å². The summed E-state index contributed by atoms with van der Waals surface area (Å²) in [5.74, 6) is 0.147. The van der Waals surface area contributed by atoms with Crippen LogP contribution in [0, 0.1) is 0 Å². The van der Waals surface area contributed by atoms with Gasteiger partial charge in [0.15, 0.2) is 0 Å². The van der Waals surface area contributed by atoms with Gasteiger partial charge >= 0.3 is 0 Å². The van der Waals surface area contributed by atoms with Crippen molar-refractivity contribution in [2.75, 3.05) is 11.4 Å². The zero-order valence-corrected chi connectivity index (χ0v) is 10.1. The highest BCUT2D eigenvalue weighted by molar-refractivity contribution is 6.02. The minimum atomic E-state index is -0.477. The Morgan fingerprint density at radius 1 is 1.35 bits per heavy atom. The SMILES string of the molecule is CCC1CN(c2ccccc2)C(=O)C2(CC2)O1. The lowest BCUT2D eigenvalue weighted by Crippen LogP contribution is -2.53. The monoisotopic (exact) mass is 231 g/mol. The number of morpholine rings is 1. The van der Waals surface area contributed by atoms with Crippen molar-refractivity contribution in [2.45, 2.75) is 37.9 Å². The van der Waals surface area contributed by atoms with Gasteiger partial charge in [0.1, 0.15) is 5.60 Å². The van der Waals surface area contributed by atoms with Crippen molar-refractivity contribution in [2.24, 2.45) is 0 Å². The van der Waals surface area contributed by atoms with Crippen LogP contribution in [0.2, 0.25) is 0 Å². The summed E-state index contributed by atoms with van der Waals surface area (Å²) in [7, 11) is 0. The van der Waals surface area contributed by atoms with Gasteiger partial charge in [-0.15, -0.1) is 0 Å². The first-order valence-electron chi connectivity index (χ1n) is 6.30. The lowest BCUT2D eigenvalue weighted by atomic mass is 10.1. The second-order valence-electron chi connectivity index (χ2n) is 4.89. The van der Waals surface area contributed by atoms with Crippen LogP contribution in [0.5, 0.6) is 0 Å². The molecule has 0 aromatic heterocycles. The van der Waals surface area contributed by atoms with E-state index in [1.807, 2.05) is 35.2 Å². The zero-order chi connectivity index (χ0) is 11.9. The molecule has 2 aliphatic rings. The molecular formula is C14H17NO2. The lowest BCUT2D eigenvalue weighted by Gasteiger charge is -2.37. The maximum atomic E-state index is 12.4. The number of carbonyl (C=O) groups excluding carboxylic acids is 1. The molecule has 17 heavy (non-hydrogen) atoms. The number of ether oxygens (including phenoxy) is 1. The number of carbonyl (C=O) groups is 1. The topological polar surface area (TPSA) is 29.5 Å². The molecule has 1 spiro atoms. The summed E-state index contributed by atoms with van der Waals surface area (Å²) in [4.78, 5) is 14.3. The molecule has 90 valence electrons. The molecule has 0 radical (unpaired) electrons. The Hall–Kier alpha value is -1.35. The Labute approximate surface area is 101 Å². The number of benzene rings is 1. The van der Waals surface area contributed by atoms with Crippen LogP contribution in [0.25, 0.3) is 0 Å². The normalized spacial score (nSPS) is 26.3. The van der Waals surface area contributed by atoms with Gasteiger partial charge in [-0.2, -0.15) is 0 Å². The highest BCUT2D eigenvalue weighted by Gasteiger charge is 2.57. The van der Waals surface area contributed by atoms with Gasteiger partial charge in [-0.25, -0.2) is 0 Å². The van der Waals surface area contributed by atoms with Crippen LogP contribution < -0.4 is 4.90 Å². The third-order valence-electron chi connectivity index (χ3n) is 3.64. The molecule has 1 atom stereocenters. The molecule has 1 aromatic carbocycles. The second kappa shape index (κ2) is 3.84. The van der Waals surface area contributed by atoms with Gasteiger partial charge in [0.2, 0.25) is 0 Å². The molecule has 1 saturated heterocycles. The largest absolute Gasteiger partial charge is 0.360 e. The molecule has 1 aliphatic heterocycles. The summed E-state index contributed by atoms with van der Waals surface area (Å²) in [5.41, 5.74) is 0.514. The van der Waals surface area contributed by atoms with E-state index in [1.54, 1.807) is 0 Å². The summed E-state index contributed by atoms with van der Waals surface area (Å²) >= 11 is 0. The minimum Gasteiger partial charge on any atom is -0.360 e. The Morgan fingerprint density at radius 2 is 2.06 bits per heavy atom. The predicted molar refractivity (Wildman–Crippen MR) is 65.9 cm³/mol.